The Bertz CT molecular complexity index is 1050. The maximum atomic E-state index is 12.8. The van der Waals surface area contributed by atoms with E-state index in [1.54, 1.807) is 12.1 Å². The summed E-state index contributed by atoms with van der Waals surface area (Å²) >= 11 is 0. The third kappa shape index (κ3) is 5.14. The molecule has 1 aliphatic heterocycles. The first-order valence-corrected chi connectivity index (χ1v) is 12.7. The lowest BCUT2D eigenvalue weighted by Gasteiger charge is -2.26. The van der Waals surface area contributed by atoms with Crippen molar-refractivity contribution in [3.05, 3.63) is 53.6 Å². The molecule has 2 aromatic rings. The van der Waals surface area contributed by atoms with Crippen molar-refractivity contribution in [3.63, 3.8) is 0 Å². The van der Waals surface area contributed by atoms with Gasteiger partial charge in [-0.1, -0.05) is 13.0 Å². The van der Waals surface area contributed by atoms with Gasteiger partial charge in [-0.3, -0.25) is 4.79 Å². The van der Waals surface area contributed by atoms with Crippen LogP contribution in [0.25, 0.3) is 0 Å². The highest BCUT2D eigenvalue weighted by atomic mass is 32.2. The summed E-state index contributed by atoms with van der Waals surface area (Å²) in [7, 11) is -3.56. The van der Waals surface area contributed by atoms with Crippen molar-refractivity contribution in [2.75, 3.05) is 31.6 Å². The van der Waals surface area contributed by atoms with Gasteiger partial charge in [0.15, 0.2) is 6.10 Å². The maximum absolute atomic E-state index is 12.8. The molecule has 0 saturated carbocycles. The number of amides is 1. The van der Waals surface area contributed by atoms with Crippen LogP contribution >= 0.6 is 0 Å². The number of carbonyl (C=O) groups is 1. The van der Waals surface area contributed by atoms with Crippen molar-refractivity contribution in [3.8, 4) is 5.75 Å². The Hall–Kier alpha value is -2.42. The zero-order valence-corrected chi connectivity index (χ0v) is 19.2. The predicted octanol–water partition coefficient (Wildman–Crippen LogP) is 3.38. The zero-order valence-electron chi connectivity index (χ0n) is 18.4. The van der Waals surface area contributed by atoms with Gasteiger partial charge in [0.05, 0.1) is 18.1 Å². The number of rotatable bonds is 7. The number of hydrogen-bond acceptors (Lipinski definition) is 5. The van der Waals surface area contributed by atoms with Gasteiger partial charge in [0, 0.05) is 18.8 Å². The molecular weight excluding hydrogens is 428 g/mol. The first kappa shape index (κ1) is 22.8. The SMILES string of the molecule is CC[C@H](Oc1ccc2c(c1)CCCC2)C(=O)Nc1ccc(S(=O)(=O)N2CCOCC2)cc1. The molecule has 1 amide bonds. The fourth-order valence-corrected chi connectivity index (χ4v) is 5.55. The molecule has 1 atom stereocenters. The minimum Gasteiger partial charge on any atom is -0.481 e. The number of nitrogens with one attached hydrogen (secondary N) is 1. The van der Waals surface area contributed by atoms with Gasteiger partial charge in [-0.2, -0.15) is 4.31 Å². The molecule has 2 aliphatic rings. The van der Waals surface area contributed by atoms with Crippen LogP contribution in [0.2, 0.25) is 0 Å². The van der Waals surface area contributed by atoms with Crippen LogP contribution in [0, 0.1) is 0 Å². The maximum Gasteiger partial charge on any atom is 0.265 e. The first-order chi connectivity index (χ1) is 15.5. The zero-order chi connectivity index (χ0) is 22.6. The van der Waals surface area contributed by atoms with E-state index >= 15 is 0 Å². The quantitative estimate of drug-likeness (QED) is 0.688. The Morgan fingerprint density at radius 2 is 1.75 bits per heavy atom. The van der Waals surface area contributed by atoms with Crippen LogP contribution in [0.1, 0.15) is 37.3 Å². The minimum atomic E-state index is -3.56. The molecule has 0 aromatic heterocycles. The van der Waals surface area contributed by atoms with Gasteiger partial charge in [-0.25, -0.2) is 8.42 Å². The summed E-state index contributed by atoms with van der Waals surface area (Å²) in [4.78, 5) is 13.0. The summed E-state index contributed by atoms with van der Waals surface area (Å²) in [6.07, 6.45) is 4.45. The number of hydrogen-bond donors (Lipinski definition) is 1. The molecule has 7 nitrogen and oxygen atoms in total. The Balaban J connectivity index is 1.40. The van der Waals surface area contributed by atoms with Gasteiger partial charge in [0.2, 0.25) is 10.0 Å². The Morgan fingerprint density at radius 3 is 2.44 bits per heavy atom. The molecule has 1 heterocycles. The van der Waals surface area contributed by atoms with Crippen molar-refractivity contribution < 1.29 is 22.7 Å². The van der Waals surface area contributed by atoms with E-state index < -0.39 is 16.1 Å². The van der Waals surface area contributed by atoms with E-state index in [1.165, 1.54) is 40.4 Å². The van der Waals surface area contributed by atoms with Crippen LogP contribution < -0.4 is 10.1 Å². The van der Waals surface area contributed by atoms with Crippen LogP contribution in [0.15, 0.2) is 47.4 Å². The molecule has 2 aromatic carbocycles. The fraction of sp³-hybridized carbons (Fsp3) is 0.458. The highest BCUT2D eigenvalue weighted by Gasteiger charge is 2.26. The third-order valence-corrected chi connectivity index (χ3v) is 7.90. The number of aryl methyl sites for hydroxylation is 2. The van der Waals surface area contributed by atoms with E-state index in [4.69, 9.17) is 9.47 Å². The Labute approximate surface area is 189 Å². The Morgan fingerprint density at radius 1 is 1.06 bits per heavy atom. The molecule has 0 unspecified atom stereocenters. The number of fused-ring (bicyclic) bond motifs is 1. The van der Waals surface area contributed by atoms with Gasteiger partial charge in [0.25, 0.3) is 5.91 Å². The fourth-order valence-electron chi connectivity index (χ4n) is 4.14. The van der Waals surface area contributed by atoms with Gasteiger partial charge >= 0.3 is 0 Å². The van der Waals surface area contributed by atoms with E-state index in [2.05, 4.69) is 17.4 Å². The number of ether oxygens (including phenoxy) is 2. The average molecular weight is 459 g/mol. The van der Waals surface area contributed by atoms with E-state index in [9.17, 15) is 13.2 Å². The van der Waals surface area contributed by atoms with Crippen molar-refractivity contribution in [1.29, 1.82) is 0 Å². The van der Waals surface area contributed by atoms with Crippen molar-refractivity contribution in [1.82, 2.24) is 4.31 Å². The molecule has 1 aliphatic carbocycles. The molecule has 1 saturated heterocycles. The number of anilines is 1. The Kier molecular flexibility index (Phi) is 7.13. The lowest BCUT2D eigenvalue weighted by Crippen LogP contribution is -2.40. The number of benzene rings is 2. The number of nitrogens with zero attached hydrogens (tertiary/aromatic N) is 1. The second kappa shape index (κ2) is 10.0. The standard InChI is InChI=1S/C24H30N2O5S/c1-2-23(31-21-10-7-18-5-3-4-6-19(18)17-21)24(27)25-20-8-11-22(12-9-20)32(28,29)26-13-15-30-16-14-26/h7-12,17,23H,2-6,13-16H2,1H3,(H,25,27)/t23-/m0/s1. The summed E-state index contributed by atoms with van der Waals surface area (Å²) in [5.74, 6) is 0.452. The number of morpholine rings is 1. The molecule has 172 valence electrons. The summed E-state index contributed by atoms with van der Waals surface area (Å²) in [5, 5.41) is 2.84. The van der Waals surface area contributed by atoms with Crippen LogP contribution in [0.5, 0.6) is 5.75 Å². The molecule has 8 heteroatoms. The van der Waals surface area contributed by atoms with Crippen LogP contribution in [-0.2, 0) is 32.4 Å². The number of sulfonamides is 1. The van der Waals surface area contributed by atoms with Gasteiger partial charge in [0.1, 0.15) is 5.75 Å². The molecule has 4 rings (SSSR count). The van der Waals surface area contributed by atoms with E-state index in [0.29, 0.717) is 44.2 Å². The van der Waals surface area contributed by atoms with Crippen LogP contribution in [0.3, 0.4) is 0 Å². The summed E-state index contributed by atoms with van der Waals surface area (Å²) < 4.78 is 38.1. The first-order valence-electron chi connectivity index (χ1n) is 11.2. The van der Waals surface area contributed by atoms with E-state index in [-0.39, 0.29) is 10.8 Å². The highest BCUT2D eigenvalue weighted by Crippen LogP contribution is 2.26. The van der Waals surface area contributed by atoms with Gasteiger partial charge in [-0.05, 0) is 79.6 Å². The van der Waals surface area contributed by atoms with Crippen molar-refractivity contribution in [2.24, 2.45) is 0 Å². The van der Waals surface area contributed by atoms with E-state index in [0.717, 1.165) is 12.8 Å². The van der Waals surface area contributed by atoms with Gasteiger partial charge in [-0.15, -0.1) is 0 Å². The summed E-state index contributed by atoms with van der Waals surface area (Å²) in [6, 6.07) is 12.3. The lowest BCUT2D eigenvalue weighted by atomic mass is 9.92. The van der Waals surface area contributed by atoms with Crippen molar-refractivity contribution in [2.45, 2.75) is 50.0 Å². The molecule has 0 spiro atoms. The highest BCUT2D eigenvalue weighted by molar-refractivity contribution is 7.89. The number of carbonyl (C=O) groups excluding carboxylic acids is 1. The minimum absolute atomic E-state index is 0.203. The van der Waals surface area contributed by atoms with Gasteiger partial charge < -0.3 is 14.8 Å². The monoisotopic (exact) mass is 458 g/mol. The molecular formula is C24H30N2O5S. The molecule has 1 N–H and O–H groups in total. The predicted molar refractivity (Wildman–Crippen MR) is 122 cm³/mol. The molecule has 32 heavy (non-hydrogen) atoms. The molecule has 1 fully saturated rings. The van der Waals surface area contributed by atoms with Crippen molar-refractivity contribution >= 4 is 21.6 Å². The lowest BCUT2D eigenvalue weighted by molar-refractivity contribution is -0.122. The second-order valence-electron chi connectivity index (χ2n) is 8.18. The molecule has 0 radical (unpaired) electrons. The van der Waals surface area contributed by atoms with E-state index in [1.807, 2.05) is 13.0 Å². The topological polar surface area (TPSA) is 84.9 Å². The second-order valence-corrected chi connectivity index (χ2v) is 10.1. The summed E-state index contributed by atoms with van der Waals surface area (Å²) in [6.45, 7) is 3.39. The van der Waals surface area contributed by atoms with Crippen LogP contribution in [-0.4, -0.2) is 51.0 Å². The smallest absolute Gasteiger partial charge is 0.265 e. The normalized spacial score (nSPS) is 17.9. The van der Waals surface area contributed by atoms with Crippen LogP contribution in [0.4, 0.5) is 5.69 Å². The molecule has 0 bridgehead atoms. The average Bonchev–Trinajstić information content (AvgIpc) is 2.83. The largest absolute Gasteiger partial charge is 0.481 e. The summed E-state index contributed by atoms with van der Waals surface area (Å²) in [5.41, 5.74) is 3.21. The third-order valence-electron chi connectivity index (χ3n) is 5.99.